The molecule has 0 radical (unpaired) electrons. The molecule has 20 heavy (non-hydrogen) atoms. The lowest BCUT2D eigenvalue weighted by Crippen LogP contribution is -2.05. The quantitative estimate of drug-likeness (QED) is 0.264. The fraction of sp³-hybridized carbons (Fsp3) is 0.588. The van der Waals surface area contributed by atoms with Crippen LogP contribution < -0.4 is 0 Å². The summed E-state index contributed by atoms with van der Waals surface area (Å²) in [7, 11) is 0. The maximum atomic E-state index is 5.64. The van der Waals surface area contributed by atoms with E-state index in [0.717, 1.165) is 18.6 Å². The number of rotatable bonds is 10. The van der Waals surface area contributed by atoms with E-state index < -0.39 is 0 Å². The number of halogens is 1. The van der Waals surface area contributed by atoms with Crippen LogP contribution in [0.3, 0.4) is 0 Å². The van der Waals surface area contributed by atoms with Crippen molar-refractivity contribution in [2.24, 2.45) is 0 Å². The fourth-order valence-corrected chi connectivity index (χ4v) is 2.65. The molecule has 112 valence electrons. The van der Waals surface area contributed by atoms with Gasteiger partial charge in [0.1, 0.15) is 0 Å². The molecule has 1 aromatic carbocycles. The van der Waals surface area contributed by atoms with Crippen LogP contribution in [-0.2, 0) is 4.74 Å². The van der Waals surface area contributed by atoms with Gasteiger partial charge in [-0.25, -0.2) is 0 Å². The molecule has 1 aromatic rings. The van der Waals surface area contributed by atoms with Crippen molar-refractivity contribution in [1.29, 1.82) is 0 Å². The molecule has 1 nitrogen and oxygen atoms in total. The highest BCUT2D eigenvalue weighted by Crippen LogP contribution is 2.11. The van der Waals surface area contributed by atoms with Gasteiger partial charge in [-0.1, -0.05) is 51.9 Å². The molecule has 0 N–H and O–H groups in total. The zero-order chi connectivity index (χ0) is 14.6. The third kappa shape index (κ3) is 8.20. The van der Waals surface area contributed by atoms with E-state index in [1.807, 2.05) is 12.1 Å². The summed E-state index contributed by atoms with van der Waals surface area (Å²) in [6.07, 6.45) is 10.5. The fourth-order valence-electron chi connectivity index (χ4n) is 2.07. The molecule has 1 rings (SSSR count). The standard InChI is InChI=1S/C17H25IOS/c1-2-3-4-5-6-7-8-9-14-19-17(20)15-10-12-16(18)13-11-15/h10-13H,2-9,14H2,1H3. The van der Waals surface area contributed by atoms with Crippen molar-refractivity contribution >= 4 is 39.9 Å². The largest absolute Gasteiger partial charge is 0.483 e. The molecule has 0 aliphatic heterocycles. The molecular weight excluding hydrogens is 379 g/mol. The van der Waals surface area contributed by atoms with E-state index in [9.17, 15) is 0 Å². The van der Waals surface area contributed by atoms with Gasteiger partial charge < -0.3 is 4.74 Å². The highest BCUT2D eigenvalue weighted by molar-refractivity contribution is 14.1. The molecule has 0 bridgehead atoms. The number of hydrogen-bond donors (Lipinski definition) is 0. The predicted molar refractivity (Wildman–Crippen MR) is 99.4 cm³/mol. The SMILES string of the molecule is CCCCCCCCCCOC(=S)c1ccc(I)cc1. The summed E-state index contributed by atoms with van der Waals surface area (Å²) in [5, 5.41) is 0.629. The molecule has 0 unspecified atom stereocenters. The van der Waals surface area contributed by atoms with Crippen molar-refractivity contribution < 1.29 is 4.74 Å². The third-order valence-corrected chi connectivity index (χ3v) is 4.38. The second-order valence-corrected chi connectivity index (χ2v) is 6.73. The van der Waals surface area contributed by atoms with Crippen LogP contribution in [0.4, 0.5) is 0 Å². The Hall–Kier alpha value is -0.160. The zero-order valence-electron chi connectivity index (χ0n) is 12.4. The van der Waals surface area contributed by atoms with Crippen LogP contribution in [0, 0.1) is 3.57 Å². The second kappa shape index (κ2) is 11.5. The summed E-state index contributed by atoms with van der Waals surface area (Å²) >= 11 is 7.58. The van der Waals surface area contributed by atoms with Gasteiger partial charge in [0.25, 0.3) is 0 Å². The molecule has 0 heterocycles. The van der Waals surface area contributed by atoms with Crippen molar-refractivity contribution in [3.8, 4) is 0 Å². The molecule has 0 aliphatic carbocycles. The van der Waals surface area contributed by atoms with Gasteiger partial charge in [0, 0.05) is 9.13 Å². The predicted octanol–water partition coefficient (Wildman–Crippen LogP) is 6.12. The Morgan fingerprint density at radius 1 is 0.950 bits per heavy atom. The molecule has 0 aliphatic rings. The molecule has 0 atom stereocenters. The minimum atomic E-state index is 0.629. The molecule has 0 saturated carbocycles. The average Bonchev–Trinajstić information content (AvgIpc) is 2.46. The van der Waals surface area contributed by atoms with Gasteiger partial charge in [0.15, 0.2) is 5.05 Å². The minimum absolute atomic E-state index is 0.629. The first-order valence-corrected chi connectivity index (χ1v) is 9.15. The summed E-state index contributed by atoms with van der Waals surface area (Å²) in [6, 6.07) is 8.17. The normalized spacial score (nSPS) is 10.5. The van der Waals surface area contributed by atoms with Gasteiger partial charge in [0.05, 0.1) is 6.61 Å². The molecule has 3 heteroatoms. The number of unbranched alkanes of at least 4 members (excludes halogenated alkanes) is 7. The van der Waals surface area contributed by atoms with E-state index in [-0.39, 0.29) is 0 Å². The van der Waals surface area contributed by atoms with Crippen LogP contribution in [-0.4, -0.2) is 11.7 Å². The Morgan fingerprint density at radius 3 is 2.10 bits per heavy atom. The van der Waals surface area contributed by atoms with E-state index in [0.29, 0.717) is 5.05 Å². The number of thiocarbonyl (C=S) groups is 1. The molecule has 0 amide bonds. The highest BCUT2D eigenvalue weighted by atomic mass is 127. The smallest absolute Gasteiger partial charge is 0.191 e. The average molecular weight is 404 g/mol. The van der Waals surface area contributed by atoms with Crippen LogP contribution in [0.2, 0.25) is 0 Å². The number of benzene rings is 1. The topological polar surface area (TPSA) is 9.23 Å². The van der Waals surface area contributed by atoms with Gasteiger partial charge in [-0.05, 0) is 65.5 Å². The summed E-state index contributed by atoms with van der Waals surface area (Å²) < 4.78 is 6.86. The van der Waals surface area contributed by atoms with Crippen molar-refractivity contribution in [3.63, 3.8) is 0 Å². The first-order valence-electron chi connectivity index (χ1n) is 7.66. The maximum Gasteiger partial charge on any atom is 0.191 e. The second-order valence-electron chi connectivity index (χ2n) is 5.12. The summed E-state index contributed by atoms with van der Waals surface area (Å²) in [5.41, 5.74) is 1.01. The monoisotopic (exact) mass is 404 g/mol. The highest BCUT2D eigenvalue weighted by Gasteiger charge is 2.01. The van der Waals surface area contributed by atoms with Crippen LogP contribution in [0.1, 0.15) is 63.9 Å². The van der Waals surface area contributed by atoms with E-state index >= 15 is 0 Å². The van der Waals surface area contributed by atoms with E-state index in [1.54, 1.807) is 0 Å². The third-order valence-electron chi connectivity index (χ3n) is 3.31. The Labute approximate surface area is 142 Å². The molecule has 0 spiro atoms. The van der Waals surface area contributed by atoms with Crippen LogP contribution in [0.25, 0.3) is 0 Å². The number of hydrogen-bond acceptors (Lipinski definition) is 2. The summed E-state index contributed by atoms with van der Waals surface area (Å²) in [4.78, 5) is 0. The molecule has 0 aromatic heterocycles. The Kier molecular flexibility index (Phi) is 10.3. The first kappa shape index (κ1) is 17.9. The van der Waals surface area contributed by atoms with Crippen LogP contribution >= 0.6 is 34.8 Å². The van der Waals surface area contributed by atoms with Gasteiger partial charge in [-0.3, -0.25) is 0 Å². The Balaban J connectivity index is 2.01. The van der Waals surface area contributed by atoms with Crippen molar-refractivity contribution in [2.45, 2.75) is 58.3 Å². The van der Waals surface area contributed by atoms with Crippen molar-refractivity contribution in [2.75, 3.05) is 6.61 Å². The van der Waals surface area contributed by atoms with E-state index in [1.165, 1.54) is 48.5 Å². The van der Waals surface area contributed by atoms with Crippen LogP contribution in [0.5, 0.6) is 0 Å². The maximum absolute atomic E-state index is 5.64. The Morgan fingerprint density at radius 2 is 1.50 bits per heavy atom. The van der Waals surface area contributed by atoms with Gasteiger partial charge in [-0.2, -0.15) is 0 Å². The Bertz CT molecular complexity index is 375. The number of ether oxygens (including phenoxy) is 1. The van der Waals surface area contributed by atoms with Gasteiger partial charge in [-0.15, -0.1) is 0 Å². The first-order chi connectivity index (χ1) is 9.74. The lowest BCUT2D eigenvalue weighted by molar-refractivity contribution is 0.300. The summed E-state index contributed by atoms with van der Waals surface area (Å²) in [6.45, 7) is 3.01. The van der Waals surface area contributed by atoms with Gasteiger partial charge in [0.2, 0.25) is 0 Å². The van der Waals surface area contributed by atoms with Crippen molar-refractivity contribution in [3.05, 3.63) is 33.4 Å². The van der Waals surface area contributed by atoms with E-state index in [4.69, 9.17) is 17.0 Å². The minimum Gasteiger partial charge on any atom is -0.483 e. The van der Waals surface area contributed by atoms with Crippen LogP contribution in [0.15, 0.2) is 24.3 Å². The lowest BCUT2D eigenvalue weighted by Gasteiger charge is -2.07. The molecule has 0 saturated heterocycles. The summed E-state index contributed by atoms with van der Waals surface area (Å²) in [5.74, 6) is 0. The van der Waals surface area contributed by atoms with Gasteiger partial charge >= 0.3 is 0 Å². The lowest BCUT2D eigenvalue weighted by atomic mass is 10.1. The molecular formula is C17H25IOS. The van der Waals surface area contributed by atoms with E-state index in [2.05, 4.69) is 41.6 Å². The molecule has 0 fully saturated rings. The van der Waals surface area contributed by atoms with Crippen molar-refractivity contribution in [1.82, 2.24) is 0 Å². The zero-order valence-corrected chi connectivity index (χ0v) is 15.3.